The Hall–Kier alpha value is -1.69. The minimum atomic E-state index is -0.940. The third kappa shape index (κ3) is 7.60. The van der Waals surface area contributed by atoms with Gasteiger partial charge in [-0.1, -0.05) is 24.3 Å². The fourth-order valence-corrected chi connectivity index (χ4v) is 1.87. The molecule has 0 aliphatic heterocycles. The van der Waals surface area contributed by atoms with Gasteiger partial charge in [0.2, 0.25) is 0 Å². The van der Waals surface area contributed by atoms with Crippen LogP contribution < -0.4 is 0 Å². The molecular weight excluding hydrogens is 270 g/mol. The van der Waals surface area contributed by atoms with E-state index >= 15 is 0 Å². The summed E-state index contributed by atoms with van der Waals surface area (Å²) in [7, 11) is 3.39. The fraction of sp³-hybridized carbons (Fsp3) is 0.438. The molecule has 0 heterocycles. The quantitative estimate of drug-likeness (QED) is 0.667. The van der Waals surface area contributed by atoms with E-state index in [1.807, 2.05) is 24.3 Å². The molecule has 0 bridgehead atoms. The van der Waals surface area contributed by atoms with Crippen molar-refractivity contribution in [3.63, 3.8) is 0 Å². The number of hydrogen-bond donors (Lipinski definition) is 1. The van der Waals surface area contributed by atoms with Gasteiger partial charge in [0.25, 0.3) is 0 Å². The Labute approximate surface area is 125 Å². The Balaban J connectivity index is 2.59. The number of aliphatic carboxylic acids is 1. The lowest BCUT2D eigenvalue weighted by molar-refractivity contribution is -0.131. The van der Waals surface area contributed by atoms with Crippen LogP contribution in [0.25, 0.3) is 6.08 Å². The van der Waals surface area contributed by atoms with Gasteiger partial charge in [-0.3, -0.25) is 4.90 Å². The molecule has 1 rings (SSSR count). The molecule has 0 radical (unpaired) electrons. The lowest BCUT2D eigenvalue weighted by Gasteiger charge is -2.21. The van der Waals surface area contributed by atoms with Gasteiger partial charge in [-0.05, 0) is 17.2 Å². The third-order valence-electron chi connectivity index (χ3n) is 3.03. The maximum atomic E-state index is 10.5. The van der Waals surface area contributed by atoms with E-state index in [1.54, 1.807) is 20.3 Å². The number of carboxylic acid groups (broad SMARTS) is 1. The highest BCUT2D eigenvalue weighted by Gasteiger charge is 2.05. The second-order valence-corrected chi connectivity index (χ2v) is 4.67. The van der Waals surface area contributed by atoms with Crippen LogP contribution in [0.1, 0.15) is 11.1 Å². The Morgan fingerprint density at radius 3 is 2.19 bits per heavy atom. The largest absolute Gasteiger partial charge is 0.478 e. The zero-order valence-electron chi connectivity index (χ0n) is 12.6. The van der Waals surface area contributed by atoms with E-state index in [9.17, 15) is 4.79 Å². The molecule has 0 spiro atoms. The van der Waals surface area contributed by atoms with E-state index < -0.39 is 5.97 Å². The first-order chi connectivity index (χ1) is 10.2. The summed E-state index contributed by atoms with van der Waals surface area (Å²) in [5.41, 5.74) is 2.05. The molecule has 0 aliphatic rings. The molecule has 116 valence electrons. The lowest BCUT2D eigenvalue weighted by atomic mass is 10.1. The van der Waals surface area contributed by atoms with Crippen LogP contribution in [0.15, 0.2) is 30.3 Å². The van der Waals surface area contributed by atoms with Gasteiger partial charge in [0.15, 0.2) is 0 Å². The number of hydrogen-bond acceptors (Lipinski definition) is 4. The smallest absolute Gasteiger partial charge is 0.328 e. The van der Waals surface area contributed by atoms with Crippen LogP contribution in [0.3, 0.4) is 0 Å². The molecule has 0 aliphatic carbocycles. The van der Waals surface area contributed by atoms with Crippen LogP contribution in [0.5, 0.6) is 0 Å². The first kappa shape index (κ1) is 17.4. The molecule has 0 amide bonds. The van der Waals surface area contributed by atoms with Crippen LogP contribution in [0.2, 0.25) is 0 Å². The molecule has 1 N–H and O–H groups in total. The van der Waals surface area contributed by atoms with E-state index in [2.05, 4.69) is 4.90 Å². The zero-order valence-corrected chi connectivity index (χ0v) is 12.6. The van der Waals surface area contributed by atoms with Gasteiger partial charge in [0.05, 0.1) is 13.2 Å². The zero-order chi connectivity index (χ0) is 15.5. The van der Waals surface area contributed by atoms with E-state index in [0.29, 0.717) is 13.2 Å². The standard InChI is InChI=1S/C16H23NO4/c1-20-11-9-17(10-12-21-2)13-15-5-3-14(4-6-15)7-8-16(18)19/h3-8H,9-13H2,1-2H3,(H,18,19). The summed E-state index contributed by atoms with van der Waals surface area (Å²) in [5.74, 6) is -0.940. The summed E-state index contributed by atoms with van der Waals surface area (Å²) in [5, 5.41) is 8.60. The molecule has 21 heavy (non-hydrogen) atoms. The first-order valence-corrected chi connectivity index (χ1v) is 6.86. The van der Waals surface area contributed by atoms with Crippen molar-refractivity contribution in [2.75, 3.05) is 40.5 Å². The summed E-state index contributed by atoms with van der Waals surface area (Å²) in [6, 6.07) is 7.85. The highest BCUT2D eigenvalue weighted by molar-refractivity contribution is 5.85. The second kappa shape index (κ2) is 10.1. The van der Waals surface area contributed by atoms with Gasteiger partial charge < -0.3 is 14.6 Å². The Kier molecular flexibility index (Phi) is 8.35. The van der Waals surface area contributed by atoms with Gasteiger partial charge >= 0.3 is 5.97 Å². The number of methoxy groups -OCH3 is 2. The van der Waals surface area contributed by atoms with E-state index in [-0.39, 0.29) is 0 Å². The van der Waals surface area contributed by atoms with Crippen molar-refractivity contribution in [3.05, 3.63) is 41.5 Å². The molecule has 0 saturated heterocycles. The molecule has 1 aromatic rings. The number of nitrogens with zero attached hydrogens (tertiary/aromatic N) is 1. The summed E-state index contributed by atoms with van der Waals surface area (Å²) < 4.78 is 10.2. The number of ether oxygens (including phenoxy) is 2. The average molecular weight is 293 g/mol. The van der Waals surface area contributed by atoms with Gasteiger partial charge in [-0.15, -0.1) is 0 Å². The van der Waals surface area contributed by atoms with Crippen LogP contribution in [-0.2, 0) is 20.8 Å². The Morgan fingerprint density at radius 2 is 1.71 bits per heavy atom. The topological polar surface area (TPSA) is 59.0 Å². The molecule has 0 unspecified atom stereocenters. The van der Waals surface area contributed by atoms with Crippen molar-refractivity contribution in [2.45, 2.75) is 6.54 Å². The Bertz CT molecular complexity index is 434. The fourth-order valence-electron chi connectivity index (χ4n) is 1.87. The minimum Gasteiger partial charge on any atom is -0.478 e. The summed E-state index contributed by atoms with van der Waals surface area (Å²) in [6.07, 6.45) is 2.72. The van der Waals surface area contributed by atoms with Crippen LogP contribution >= 0.6 is 0 Å². The summed E-state index contributed by atoms with van der Waals surface area (Å²) in [4.78, 5) is 12.7. The van der Waals surface area contributed by atoms with Crippen LogP contribution in [0.4, 0.5) is 0 Å². The number of carboxylic acids is 1. The third-order valence-corrected chi connectivity index (χ3v) is 3.03. The van der Waals surface area contributed by atoms with E-state index in [1.165, 1.54) is 5.56 Å². The second-order valence-electron chi connectivity index (χ2n) is 4.67. The summed E-state index contributed by atoms with van der Waals surface area (Å²) >= 11 is 0. The van der Waals surface area contributed by atoms with Crippen molar-refractivity contribution in [1.82, 2.24) is 4.90 Å². The van der Waals surface area contributed by atoms with Crippen LogP contribution in [-0.4, -0.2) is 56.5 Å². The van der Waals surface area contributed by atoms with Crippen LogP contribution in [0, 0.1) is 0 Å². The predicted octanol–water partition coefficient (Wildman–Crippen LogP) is 1.88. The van der Waals surface area contributed by atoms with Gasteiger partial charge in [0.1, 0.15) is 0 Å². The normalized spacial score (nSPS) is 11.4. The first-order valence-electron chi connectivity index (χ1n) is 6.86. The van der Waals surface area contributed by atoms with Crippen molar-refractivity contribution in [2.24, 2.45) is 0 Å². The van der Waals surface area contributed by atoms with Gasteiger partial charge in [-0.2, -0.15) is 0 Å². The molecule has 0 aromatic heterocycles. The number of carbonyl (C=O) groups is 1. The molecule has 5 heteroatoms. The van der Waals surface area contributed by atoms with Crippen molar-refractivity contribution in [1.29, 1.82) is 0 Å². The van der Waals surface area contributed by atoms with Crippen molar-refractivity contribution < 1.29 is 19.4 Å². The van der Waals surface area contributed by atoms with Gasteiger partial charge in [-0.25, -0.2) is 4.79 Å². The maximum absolute atomic E-state index is 10.5. The predicted molar refractivity (Wildman–Crippen MR) is 82.1 cm³/mol. The van der Waals surface area contributed by atoms with Gasteiger partial charge in [0, 0.05) is 39.9 Å². The molecule has 0 fully saturated rings. The summed E-state index contributed by atoms with van der Waals surface area (Å²) in [6.45, 7) is 3.88. The van der Waals surface area contributed by atoms with Crippen molar-refractivity contribution in [3.8, 4) is 0 Å². The highest BCUT2D eigenvalue weighted by atomic mass is 16.5. The number of benzene rings is 1. The Morgan fingerprint density at radius 1 is 1.14 bits per heavy atom. The maximum Gasteiger partial charge on any atom is 0.328 e. The number of rotatable bonds is 10. The average Bonchev–Trinajstić information content (AvgIpc) is 2.49. The van der Waals surface area contributed by atoms with Crippen molar-refractivity contribution >= 4 is 12.0 Å². The molecule has 1 aromatic carbocycles. The molecule has 5 nitrogen and oxygen atoms in total. The highest BCUT2D eigenvalue weighted by Crippen LogP contribution is 2.09. The lowest BCUT2D eigenvalue weighted by Crippen LogP contribution is -2.30. The molecular formula is C16H23NO4. The van der Waals surface area contributed by atoms with E-state index in [4.69, 9.17) is 14.6 Å². The molecule has 0 atom stereocenters. The monoisotopic (exact) mass is 293 g/mol. The molecule has 0 saturated carbocycles. The SMILES string of the molecule is COCCN(CCOC)Cc1ccc(C=CC(=O)O)cc1. The van der Waals surface area contributed by atoms with E-state index in [0.717, 1.165) is 31.3 Å². The minimum absolute atomic E-state index is 0.684.